The summed E-state index contributed by atoms with van der Waals surface area (Å²) in [7, 11) is -3.60. The average Bonchev–Trinajstić information content (AvgIpc) is 2.65. The second kappa shape index (κ2) is 9.84. The van der Waals surface area contributed by atoms with Gasteiger partial charge in [-0.1, -0.05) is 23.8 Å². The summed E-state index contributed by atoms with van der Waals surface area (Å²) in [5, 5.41) is 2.79. The van der Waals surface area contributed by atoms with Gasteiger partial charge in [-0.05, 0) is 50.4 Å². The minimum Gasteiger partial charge on any atom is -0.491 e. The van der Waals surface area contributed by atoms with Crippen molar-refractivity contribution < 1.29 is 17.9 Å². The summed E-state index contributed by atoms with van der Waals surface area (Å²) in [6.45, 7) is 3.81. The van der Waals surface area contributed by atoms with Gasteiger partial charge in [0.25, 0.3) is 0 Å². The summed E-state index contributed by atoms with van der Waals surface area (Å²) in [5.74, 6) is 0.332. The molecular formula is C20H26N2O4S2. The molecule has 0 saturated carbocycles. The Bertz CT molecular complexity index is 899. The molecule has 0 fully saturated rings. The fraction of sp³-hybridized carbons (Fsp3) is 0.350. The number of hydrogen-bond donors (Lipinski definition) is 1. The highest BCUT2D eigenvalue weighted by molar-refractivity contribution is 7.98. The Morgan fingerprint density at radius 3 is 2.50 bits per heavy atom. The highest BCUT2D eigenvalue weighted by atomic mass is 32.2. The maximum absolute atomic E-state index is 12.4. The monoisotopic (exact) mass is 422 g/mol. The van der Waals surface area contributed by atoms with Crippen LogP contribution in [0.1, 0.15) is 12.5 Å². The number of carbonyl (C=O) groups excluding carboxylic acids is 1. The molecule has 1 atom stereocenters. The standard InChI is InChI=1S/C20H26N2O4S2/c1-15-8-10-18(11-9-15)26-14-16(2)21-20(23)13-22(28(4,24)25)17-6-5-7-19(12-17)27-3/h5-12,16H,13-14H2,1-4H3,(H,21,23). The Kier molecular flexibility index (Phi) is 7.77. The maximum Gasteiger partial charge on any atom is 0.241 e. The number of carbonyl (C=O) groups is 1. The summed E-state index contributed by atoms with van der Waals surface area (Å²) in [6.07, 6.45) is 3.00. The van der Waals surface area contributed by atoms with E-state index in [2.05, 4.69) is 5.32 Å². The fourth-order valence-electron chi connectivity index (χ4n) is 2.51. The topological polar surface area (TPSA) is 75.7 Å². The molecule has 152 valence electrons. The molecule has 1 amide bonds. The van der Waals surface area contributed by atoms with E-state index in [9.17, 15) is 13.2 Å². The summed E-state index contributed by atoms with van der Waals surface area (Å²) in [5.41, 5.74) is 1.60. The number of nitrogens with zero attached hydrogens (tertiary/aromatic N) is 1. The zero-order valence-corrected chi connectivity index (χ0v) is 18.1. The molecule has 0 radical (unpaired) electrons. The Morgan fingerprint density at radius 2 is 1.89 bits per heavy atom. The predicted molar refractivity (Wildman–Crippen MR) is 115 cm³/mol. The number of nitrogens with one attached hydrogen (secondary N) is 1. The number of ether oxygens (including phenoxy) is 1. The van der Waals surface area contributed by atoms with Crippen LogP contribution in [0.15, 0.2) is 53.4 Å². The molecule has 1 unspecified atom stereocenters. The van der Waals surface area contributed by atoms with E-state index in [4.69, 9.17) is 4.74 Å². The lowest BCUT2D eigenvalue weighted by atomic mass is 10.2. The molecule has 0 aliphatic carbocycles. The van der Waals surface area contributed by atoms with Crippen LogP contribution in [0.4, 0.5) is 5.69 Å². The van der Waals surface area contributed by atoms with Crippen LogP contribution in [-0.2, 0) is 14.8 Å². The van der Waals surface area contributed by atoms with Crippen molar-refractivity contribution in [2.45, 2.75) is 24.8 Å². The van der Waals surface area contributed by atoms with Crippen molar-refractivity contribution in [1.82, 2.24) is 5.32 Å². The van der Waals surface area contributed by atoms with Crippen molar-refractivity contribution >= 4 is 33.4 Å². The number of amides is 1. The number of rotatable bonds is 9. The van der Waals surface area contributed by atoms with E-state index in [0.717, 1.165) is 26.8 Å². The van der Waals surface area contributed by atoms with Gasteiger partial charge in [0.15, 0.2) is 0 Å². The van der Waals surface area contributed by atoms with Gasteiger partial charge in [-0.2, -0.15) is 0 Å². The first-order valence-electron chi connectivity index (χ1n) is 8.79. The molecule has 0 aromatic heterocycles. The highest BCUT2D eigenvalue weighted by Gasteiger charge is 2.22. The van der Waals surface area contributed by atoms with Crippen molar-refractivity contribution in [2.24, 2.45) is 0 Å². The van der Waals surface area contributed by atoms with Gasteiger partial charge in [-0.3, -0.25) is 9.10 Å². The molecule has 0 spiro atoms. The zero-order valence-electron chi connectivity index (χ0n) is 16.5. The van der Waals surface area contributed by atoms with Gasteiger partial charge in [-0.25, -0.2) is 8.42 Å². The van der Waals surface area contributed by atoms with E-state index in [-0.39, 0.29) is 25.1 Å². The Labute approximate surface area is 171 Å². The Morgan fingerprint density at radius 1 is 1.21 bits per heavy atom. The summed E-state index contributed by atoms with van der Waals surface area (Å²) < 4.78 is 31.2. The maximum atomic E-state index is 12.4. The van der Waals surface area contributed by atoms with Crippen LogP contribution < -0.4 is 14.4 Å². The molecule has 28 heavy (non-hydrogen) atoms. The number of thioether (sulfide) groups is 1. The first-order valence-corrected chi connectivity index (χ1v) is 11.9. The van der Waals surface area contributed by atoms with E-state index < -0.39 is 10.0 Å². The largest absolute Gasteiger partial charge is 0.491 e. The van der Waals surface area contributed by atoms with E-state index in [0.29, 0.717) is 5.69 Å². The highest BCUT2D eigenvalue weighted by Crippen LogP contribution is 2.23. The molecule has 2 aromatic rings. The van der Waals surface area contributed by atoms with Crippen LogP contribution in [-0.4, -0.2) is 46.0 Å². The minimum atomic E-state index is -3.60. The number of benzene rings is 2. The molecule has 6 nitrogen and oxygen atoms in total. The third-order valence-electron chi connectivity index (χ3n) is 3.96. The van der Waals surface area contributed by atoms with E-state index >= 15 is 0 Å². The lowest BCUT2D eigenvalue weighted by Gasteiger charge is -2.23. The molecule has 0 bridgehead atoms. The fourth-order valence-corrected chi connectivity index (χ4v) is 3.82. The SMILES string of the molecule is CSc1cccc(N(CC(=O)NC(C)COc2ccc(C)cc2)S(C)(=O)=O)c1. The predicted octanol–water partition coefficient (Wildman–Crippen LogP) is 3.07. The van der Waals surface area contributed by atoms with Gasteiger partial charge >= 0.3 is 0 Å². The van der Waals surface area contributed by atoms with Crippen LogP contribution >= 0.6 is 11.8 Å². The summed E-state index contributed by atoms with van der Waals surface area (Å²) in [4.78, 5) is 13.3. The molecule has 0 heterocycles. The third-order valence-corrected chi connectivity index (χ3v) is 5.82. The molecule has 1 N–H and O–H groups in total. The Balaban J connectivity index is 1.98. The first kappa shape index (κ1) is 22.1. The molecule has 2 aromatic carbocycles. The molecule has 0 saturated heterocycles. The second-order valence-electron chi connectivity index (χ2n) is 6.56. The summed E-state index contributed by atoms with van der Waals surface area (Å²) >= 11 is 1.51. The average molecular weight is 423 g/mol. The van der Waals surface area contributed by atoms with E-state index in [1.54, 1.807) is 18.2 Å². The van der Waals surface area contributed by atoms with Crippen LogP contribution in [0.5, 0.6) is 5.75 Å². The first-order chi connectivity index (χ1) is 13.2. The van der Waals surface area contributed by atoms with Crippen LogP contribution in [0.2, 0.25) is 0 Å². The van der Waals surface area contributed by atoms with Gasteiger partial charge < -0.3 is 10.1 Å². The van der Waals surface area contributed by atoms with Crippen molar-refractivity contribution in [3.8, 4) is 5.75 Å². The van der Waals surface area contributed by atoms with Gasteiger partial charge in [0, 0.05) is 4.90 Å². The summed E-state index contributed by atoms with van der Waals surface area (Å²) in [6, 6.07) is 14.5. The second-order valence-corrected chi connectivity index (χ2v) is 9.35. The molecule has 0 aliphatic rings. The van der Waals surface area contributed by atoms with Crippen LogP contribution in [0.25, 0.3) is 0 Å². The smallest absolute Gasteiger partial charge is 0.241 e. The minimum absolute atomic E-state index is 0.271. The lowest BCUT2D eigenvalue weighted by molar-refractivity contribution is -0.120. The molecule has 2 rings (SSSR count). The quantitative estimate of drug-likeness (QED) is 0.629. The Hall–Kier alpha value is -2.19. The van der Waals surface area contributed by atoms with Crippen molar-refractivity contribution in [2.75, 3.05) is 30.0 Å². The normalized spacial score (nSPS) is 12.3. The van der Waals surface area contributed by atoms with Crippen LogP contribution in [0, 0.1) is 6.92 Å². The number of sulfonamides is 1. The van der Waals surface area contributed by atoms with E-state index in [1.165, 1.54) is 11.8 Å². The van der Waals surface area contributed by atoms with Gasteiger partial charge in [0.1, 0.15) is 18.9 Å². The third kappa shape index (κ3) is 6.76. The number of anilines is 1. The van der Waals surface area contributed by atoms with Crippen molar-refractivity contribution in [3.05, 3.63) is 54.1 Å². The molecule has 8 heteroatoms. The van der Waals surface area contributed by atoms with Crippen molar-refractivity contribution in [1.29, 1.82) is 0 Å². The molecule has 0 aliphatic heterocycles. The van der Waals surface area contributed by atoms with Crippen molar-refractivity contribution in [3.63, 3.8) is 0 Å². The zero-order chi connectivity index (χ0) is 20.7. The number of hydrogen-bond acceptors (Lipinski definition) is 5. The van der Waals surface area contributed by atoms with E-state index in [1.807, 2.05) is 50.4 Å². The lowest BCUT2D eigenvalue weighted by Crippen LogP contribution is -2.44. The van der Waals surface area contributed by atoms with Gasteiger partial charge in [0.05, 0.1) is 18.0 Å². The van der Waals surface area contributed by atoms with Gasteiger partial charge in [0.2, 0.25) is 15.9 Å². The van der Waals surface area contributed by atoms with Gasteiger partial charge in [-0.15, -0.1) is 11.8 Å². The molecular weight excluding hydrogens is 396 g/mol. The number of aryl methyl sites for hydroxylation is 1. The van der Waals surface area contributed by atoms with Crippen LogP contribution in [0.3, 0.4) is 0 Å².